The number of rotatable bonds is 3. The summed E-state index contributed by atoms with van der Waals surface area (Å²) in [6, 6.07) is 3.32. The van der Waals surface area contributed by atoms with Crippen LogP contribution in [0.4, 0.5) is 18.9 Å². The number of carbonyl (C=O) groups is 1. The molecule has 0 spiro atoms. The Morgan fingerprint density at radius 1 is 1.25 bits per heavy atom. The molecule has 0 aliphatic heterocycles. The minimum absolute atomic E-state index is 0.474. The highest BCUT2D eigenvalue weighted by atomic mass is 32.2. The predicted molar refractivity (Wildman–Crippen MR) is 68.1 cm³/mol. The molecule has 0 aliphatic rings. The van der Waals surface area contributed by atoms with Crippen LogP contribution in [0.5, 0.6) is 0 Å². The van der Waals surface area contributed by atoms with Crippen LogP contribution in [0, 0.1) is 6.92 Å². The van der Waals surface area contributed by atoms with E-state index in [0.29, 0.717) is 5.56 Å². The van der Waals surface area contributed by atoms with Crippen LogP contribution in [0.25, 0.3) is 0 Å². The van der Waals surface area contributed by atoms with Crippen molar-refractivity contribution in [2.24, 2.45) is 0 Å². The fraction of sp³-hybridized carbons (Fsp3) is 0.364. The zero-order valence-electron chi connectivity index (χ0n) is 10.9. The molecule has 0 bridgehead atoms. The van der Waals surface area contributed by atoms with Gasteiger partial charge in [0.2, 0.25) is 0 Å². The molecule has 0 fully saturated rings. The van der Waals surface area contributed by atoms with Gasteiger partial charge in [0.1, 0.15) is 0 Å². The number of carboxylic acids is 1. The smallest absolute Gasteiger partial charge is 0.478 e. The molecular weight excluding hydrogens is 299 g/mol. The molecule has 114 valence electrons. The van der Waals surface area contributed by atoms with Crippen LogP contribution in [0.2, 0.25) is 0 Å². The number of aryl methyl sites for hydroxylation is 1. The molecule has 9 heteroatoms. The standard InChI is InChI=1S/C9H8F3NO4S.C2H6/c1-5-2-3-7(6(4-5)8(14)15)13-18(16,17)9(10,11)12;1-2/h2-4,13H,1H3,(H,14,15);1-2H3. The zero-order valence-corrected chi connectivity index (χ0v) is 11.8. The maximum absolute atomic E-state index is 12.1. The number of carboxylic acid groups (broad SMARTS) is 1. The van der Waals surface area contributed by atoms with Crippen LogP contribution in [-0.2, 0) is 10.0 Å². The summed E-state index contributed by atoms with van der Waals surface area (Å²) in [5.74, 6) is -1.53. The van der Waals surface area contributed by atoms with Crippen LogP contribution < -0.4 is 4.72 Å². The molecule has 0 aromatic heterocycles. The molecule has 1 rings (SSSR count). The summed E-state index contributed by atoms with van der Waals surface area (Å²) in [7, 11) is -5.63. The van der Waals surface area contributed by atoms with Gasteiger partial charge >= 0.3 is 21.5 Å². The first-order valence-corrected chi connectivity index (χ1v) is 6.96. The highest BCUT2D eigenvalue weighted by Gasteiger charge is 2.46. The summed E-state index contributed by atoms with van der Waals surface area (Å²) in [5.41, 5.74) is -6.22. The first-order chi connectivity index (χ1) is 9.04. The number of alkyl halides is 3. The van der Waals surface area contributed by atoms with Gasteiger partial charge in [-0.2, -0.15) is 21.6 Å². The van der Waals surface area contributed by atoms with E-state index in [1.54, 1.807) is 0 Å². The average molecular weight is 313 g/mol. The molecule has 1 aromatic carbocycles. The molecular formula is C11H14F3NO4S. The van der Waals surface area contributed by atoms with E-state index in [4.69, 9.17) is 5.11 Å². The summed E-state index contributed by atoms with van der Waals surface area (Å²) >= 11 is 0. The summed E-state index contributed by atoms with van der Waals surface area (Å²) in [4.78, 5) is 10.8. The van der Waals surface area contributed by atoms with Gasteiger partial charge in [0, 0.05) is 0 Å². The van der Waals surface area contributed by atoms with Gasteiger partial charge in [-0.3, -0.25) is 4.72 Å². The van der Waals surface area contributed by atoms with E-state index in [-0.39, 0.29) is 0 Å². The Kier molecular flexibility index (Phi) is 6.01. The lowest BCUT2D eigenvalue weighted by Gasteiger charge is -2.12. The maximum Gasteiger partial charge on any atom is 0.516 e. The molecule has 5 nitrogen and oxygen atoms in total. The number of halogens is 3. The Morgan fingerprint density at radius 3 is 2.15 bits per heavy atom. The van der Waals surface area contributed by atoms with E-state index in [1.807, 2.05) is 13.8 Å². The number of anilines is 1. The topological polar surface area (TPSA) is 83.5 Å². The summed E-state index contributed by atoms with van der Waals surface area (Å²) in [5, 5.41) is 8.77. The Labute approximate surface area is 114 Å². The maximum atomic E-state index is 12.1. The number of aromatic carboxylic acids is 1. The fourth-order valence-corrected chi connectivity index (χ4v) is 1.71. The Hall–Kier alpha value is -1.77. The van der Waals surface area contributed by atoms with E-state index >= 15 is 0 Å². The molecule has 1 aromatic rings. The minimum Gasteiger partial charge on any atom is -0.478 e. The second-order valence-corrected chi connectivity index (χ2v) is 5.08. The van der Waals surface area contributed by atoms with Crippen molar-refractivity contribution in [3.05, 3.63) is 29.3 Å². The lowest BCUT2D eigenvalue weighted by molar-refractivity contribution is -0.0429. The lowest BCUT2D eigenvalue weighted by Crippen LogP contribution is -2.30. The van der Waals surface area contributed by atoms with Gasteiger partial charge in [0.05, 0.1) is 11.3 Å². The molecule has 0 atom stereocenters. The molecule has 0 saturated heterocycles. The van der Waals surface area contributed by atoms with Gasteiger partial charge in [-0.05, 0) is 19.1 Å². The van der Waals surface area contributed by atoms with Crippen molar-refractivity contribution in [3.8, 4) is 0 Å². The number of hydrogen-bond donors (Lipinski definition) is 2. The van der Waals surface area contributed by atoms with Crippen molar-refractivity contribution < 1.29 is 31.5 Å². The SMILES string of the molecule is CC.Cc1ccc(NS(=O)(=O)C(F)(F)F)c(C(=O)O)c1. The first-order valence-electron chi connectivity index (χ1n) is 5.47. The zero-order chi connectivity index (χ0) is 16.1. The van der Waals surface area contributed by atoms with Gasteiger partial charge < -0.3 is 5.11 Å². The highest BCUT2D eigenvalue weighted by Crippen LogP contribution is 2.27. The average Bonchev–Trinajstić information content (AvgIpc) is 2.32. The third kappa shape index (κ3) is 4.41. The van der Waals surface area contributed by atoms with Crippen molar-refractivity contribution in [3.63, 3.8) is 0 Å². The van der Waals surface area contributed by atoms with Crippen molar-refractivity contribution in [1.29, 1.82) is 0 Å². The lowest BCUT2D eigenvalue weighted by atomic mass is 10.1. The van der Waals surface area contributed by atoms with Crippen molar-refractivity contribution in [1.82, 2.24) is 0 Å². The number of benzene rings is 1. The van der Waals surface area contributed by atoms with Gasteiger partial charge in [-0.25, -0.2) is 4.79 Å². The second-order valence-electron chi connectivity index (χ2n) is 3.41. The largest absolute Gasteiger partial charge is 0.516 e. The third-order valence-corrected chi connectivity index (χ3v) is 3.05. The summed E-state index contributed by atoms with van der Waals surface area (Å²) in [6.07, 6.45) is 0. The van der Waals surface area contributed by atoms with Crippen LogP contribution in [0.15, 0.2) is 18.2 Å². The molecule has 0 radical (unpaired) electrons. The van der Waals surface area contributed by atoms with Crippen LogP contribution in [0.3, 0.4) is 0 Å². The number of hydrogen-bond acceptors (Lipinski definition) is 3. The van der Waals surface area contributed by atoms with Gasteiger partial charge in [0.15, 0.2) is 0 Å². The molecule has 0 amide bonds. The Bertz CT molecular complexity index is 582. The van der Waals surface area contributed by atoms with E-state index in [1.165, 1.54) is 17.7 Å². The fourth-order valence-electron chi connectivity index (χ4n) is 1.13. The number of nitrogens with one attached hydrogen (secondary N) is 1. The molecule has 20 heavy (non-hydrogen) atoms. The summed E-state index contributed by atoms with van der Waals surface area (Å²) in [6.45, 7) is 5.52. The van der Waals surface area contributed by atoms with Crippen molar-refractivity contribution in [2.75, 3.05) is 4.72 Å². The van der Waals surface area contributed by atoms with Gasteiger partial charge in [0.25, 0.3) is 0 Å². The third-order valence-electron chi connectivity index (χ3n) is 1.95. The Morgan fingerprint density at radius 2 is 1.75 bits per heavy atom. The molecule has 0 unspecified atom stereocenters. The van der Waals surface area contributed by atoms with Crippen molar-refractivity contribution in [2.45, 2.75) is 26.3 Å². The van der Waals surface area contributed by atoms with Gasteiger partial charge in [-0.1, -0.05) is 25.5 Å². The predicted octanol–water partition coefficient (Wildman–Crippen LogP) is 2.98. The summed E-state index contributed by atoms with van der Waals surface area (Å²) < 4.78 is 59.3. The first kappa shape index (κ1) is 18.2. The van der Waals surface area contributed by atoms with E-state index in [0.717, 1.165) is 12.1 Å². The Balaban J connectivity index is 0.00000172. The molecule has 0 saturated carbocycles. The quantitative estimate of drug-likeness (QED) is 0.898. The normalized spacial score (nSPS) is 11.3. The van der Waals surface area contributed by atoms with Crippen LogP contribution in [0.1, 0.15) is 29.8 Å². The molecule has 0 aliphatic carbocycles. The monoisotopic (exact) mass is 313 g/mol. The van der Waals surface area contributed by atoms with Crippen molar-refractivity contribution >= 4 is 21.7 Å². The molecule has 2 N–H and O–H groups in total. The minimum atomic E-state index is -5.63. The second kappa shape index (κ2) is 6.60. The highest BCUT2D eigenvalue weighted by molar-refractivity contribution is 7.93. The van der Waals surface area contributed by atoms with Crippen LogP contribution in [-0.4, -0.2) is 25.0 Å². The van der Waals surface area contributed by atoms with Gasteiger partial charge in [-0.15, -0.1) is 0 Å². The number of sulfonamides is 1. The van der Waals surface area contributed by atoms with Crippen LogP contribution >= 0.6 is 0 Å². The molecule has 0 heterocycles. The van der Waals surface area contributed by atoms with E-state index in [9.17, 15) is 26.4 Å². The van der Waals surface area contributed by atoms with E-state index < -0.39 is 32.8 Å². The van der Waals surface area contributed by atoms with E-state index in [2.05, 4.69) is 0 Å².